The molecule has 1 aromatic carbocycles. The Morgan fingerprint density at radius 3 is 2.60 bits per heavy atom. The lowest BCUT2D eigenvalue weighted by Crippen LogP contribution is -2.51. The van der Waals surface area contributed by atoms with Crippen LogP contribution < -0.4 is 0 Å². The number of carboxylic acids is 1. The summed E-state index contributed by atoms with van der Waals surface area (Å²) in [6.07, 6.45) is 0.221. The van der Waals surface area contributed by atoms with E-state index in [-0.39, 0.29) is 38.3 Å². The average Bonchev–Trinajstić information content (AvgIpc) is 3.04. The summed E-state index contributed by atoms with van der Waals surface area (Å²) in [5.74, 6) is -1.35. The number of rotatable bonds is 4. The molecule has 1 aliphatic rings. The molecule has 1 saturated heterocycles. The molecular formula is C17H17ClN2O4S. The molecule has 0 spiro atoms. The number of carbonyl (C=O) groups excluding carboxylic acids is 1. The van der Waals surface area contributed by atoms with Crippen LogP contribution in [-0.4, -0.2) is 50.7 Å². The topological polar surface area (TPSA) is 90.7 Å². The molecule has 6 nitrogen and oxygen atoms in total. The Labute approximate surface area is 153 Å². The van der Waals surface area contributed by atoms with Crippen LogP contribution in [0.4, 0.5) is 0 Å². The predicted molar refractivity (Wildman–Crippen MR) is 94.7 cm³/mol. The van der Waals surface area contributed by atoms with Crippen LogP contribution in [-0.2, 0) is 16.0 Å². The smallest absolute Gasteiger partial charge is 0.335 e. The molecule has 0 atom stereocenters. The fraction of sp³-hybridized carbons (Fsp3) is 0.353. The van der Waals surface area contributed by atoms with Gasteiger partial charge >= 0.3 is 5.97 Å². The first-order valence-electron chi connectivity index (χ1n) is 7.82. The van der Waals surface area contributed by atoms with Gasteiger partial charge in [-0.25, -0.2) is 9.78 Å². The molecule has 2 aromatic rings. The van der Waals surface area contributed by atoms with E-state index in [0.29, 0.717) is 10.7 Å². The summed E-state index contributed by atoms with van der Waals surface area (Å²) in [6, 6.07) is 7.40. The molecule has 2 heterocycles. The lowest BCUT2D eigenvalue weighted by atomic mass is 9.91. The maximum absolute atomic E-state index is 12.4. The molecule has 0 saturated carbocycles. The van der Waals surface area contributed by atoms with E-state index in [1.165, 1.54) is 11.3 Å². The summed E-state index contributed by atoms with van der Waals surface area (Å²) < 4.78 is 0. The molecule has 1 fully saturated rings. The summed E-state index contributed by atoms with van der Waals surface area (Å²) in [5.41, 5.74) is -0.240. The highest BCUT2D eigenvalue weighted by molar-refractivity contribution is 7.13. The molecule has 132 valence electrons. The van der Waals surface area contributed by atoms with Crippen molar-refractivity contribution >= 4 is 34.8 Å². The zero-order valence-corrected chi connectivity index (χ0v) is 14.9. The van der Waals surface area contributed by atoms with E-state index in [1.807, 2.05) is 23.6 Å². The van der Waals surface area contributed by atoms with Gasteiger partial charge in [0.25, 0.3) is 0 Å². The third-order valence-electron chi connectivity index (χ3n) is 4.33. The fourth-order valence-electron chi connectivity index (χ4n) is 2.75. The first kappa shape index (κ1) is 17.8. The van der Waals surface area contributed by atoms with E-state index >= 15 is 0 Å². The van der Waals surface area contributed by atoms with Crippen molar-refractivity contribution in [2.24, 2.45) is 0 Å². The van der Waals surface area contributed by atoms with Crippen molar-refractivity contribution in [3.63, 3.8) is 0 Å². The molecule has 2 N–H and O–H groups in total. The van der Waals surface area contributed by atoms with E-state index in [2.05, 4.69) is 4.98 Å². The molecule has 1 amide bonds. The second kappa shape index (κ2) is 7.11. The van der Waals surface area contributed by atoms with Gasteiger partial charge in [-0.2, -0.15) is 0 Å². The van der Waals surface area contributed by atoms with Gasteiger partial charge in [0, 0.05) is 36.9 Å². The zero-order valence-electron chi connectivity index (χ0n) is 13.3. The molecule has 3 rings (SSSR count). The van der Waals surface area contributed by atoms with Gasteiger partial charge in [-0.1, -0.05) is 29.8 Å². The standard InChI is InChI=1S/C17H17ClN2O4S/c18-13-4-2-1-3-12(13)15-19-11(10-25-15)9-14(21)20-7-5-17(24,6-8-20)16(22)23/h1-4,10,24H,5-9H2,(H,22,23). The van der Waals surface area contributed by atoms with E-state index in [4.69, 9.17) is 16.7 Å². The minimum Gasteiger partial charge on any atom is -0.479 e. The van der Waals surface area contributed by atoms with Crippen molar-refractivity contribution in [2.45, 2.75) is 24.9 Å². The van der Waals surface area contributed by atoms with Gasteiger partial charge in [0.15, 0.2) is 5.60 Å². The summed E-state index contributed by atoms with van der Waals surface area (Å²) in [4.78, 5) is 29.5. The molecule has 0 bridgehead atoms. The normalized spacial score (nSPS) is 16.6. The number of halogens is 1. The number of hydrogen-bond acceptors (Lipinski definition) is 5. The molecule has 8 heteroatoms. The van der Waals surface area contributed by atoms with E-state index in [9.17, 15) is 14.7 Å². The van der Waals surface area contributed by atoms with Crippen LogP contribution in [0.15, 0.2) is 29.6 Å². The van der Waals surface area contributed by atoms with Crippen LogP contribution >= 0.6 is 22.9 Å². The summed E-state index contributed by atoms with van der Waals surface area (Å²) in [7, 11) is 0. The number of benzene rings is 1. The SMILES string of the molecule is O=C(Cc1csc(-c2ccccc2Cl)n1)N1CCC(O)(C(=O)O)CC1. The number of thiazole rings is 1. The second-order valence-corrected chi connectivity index (χ2v) is 7.28. The van der Waals surface area contributed by atoms with Gasteiger partial charge < -0.3 is 15.1 Å². The lowest BCUT2D eigenvalue weighted by molar-refractivity contribution is -0.165. The number of carbonyl (C=O) groups is 2. The summed E-state index contributed by atoms with van der Waals surface area (Å²) in [5, 5.41) is 22.1. The number of nitrogens with zero attached hydrogens (tertiary/aromatic N) is 2. The van der Waals surface area contributed by atoms with Crippen LogP contribution in [0.25, 0.3) is 10.6 Å². The van der Waals surface area contributed by atoms with Crippen LogP contribution in [0.1, 0.15) is 18.5 Å². The van der Waals surface area contributed by atoms with Gasteiger partial charge in [-0.15, -0.1) is 11.3 Å². The number of aromatic nitrogens is 1. The number of hydrogen-bond donors (Lipinski definition) is 2. The van der Waals surface area contributed by atoms with Crippen molar-refractivity contribution in [3.05, 3.63) is 40.4 Å². The number of likely N-dealkylation sites (tertiary alicyclic amines) is 1. The van der Waals surface area contributed by atoms with Gasteiger partial charge in [-0.05, 0) is 6.07 Å². The van der Waals surface area contributed by atoms with E-state index in [1.54, 1.807) is 11.0 Å². The molecular weight excluding hydrogens is 364 g/mol. The van der Waals surface area contributed by atoms with Crippen LogP contribution in [0.3, 0.4) is 0 Å². The average molecular weight is 381 g/mol. The Morgan fingerprint density at radius 2 is 1.96 bits per heavy atom. The molecule has 25 heavy (non-hydrogen) atoms. The van der Waals surface area contributed by atoms with E-state index in [0.717, 1.165) is 10.6 Å². The Kier molecular flexibility index (Phi) is 5.08. The first-order chi connectivity index (χ1) is 11.9. The van der Waals surface area contributed by atoms with Crippen molar-refractivity contribution in [1.29, 1.82) is 0 Å². The zero-order chi connectivity index (χ0) is 18.0. The van der Waals surface area contributed by atoms with Gasteiger partial charge in [0.1, 0.15) is 5.01 Å². The third kappa shape index (κ3) is 3.84. The molecule has 0 radical (unpaired) electrons. The summed E-state index contributed by atoms with van der Waals surface area (Å²) in [6.45, 7) is 0.451. The fourth-order valence-corrected chi connectivity index (χ4v) is 3.89. The van der Waals surface area contributed by atoms with Crippen LogP contribution in [0.2, 0.25) is 5.02 Å². The molecule has 1 aromatic heterocycles. The monoisotopic (exact) mass is 380 g/mol. The first-order valence-corrected chi connectivity index (χ1v) is 9.08. The Balaban J connectivity index is 1.63. The second-order valence-electron chi connectivity index (χ2n) is 6.02. The van der Waals surface area contributed by atoms with Gasteiger partial charge in [0.2, 0.25) is 5.91 Å². The predicted octanol–water partition coefficient (Wildman–Crippen LogP) is 2.44. The highest BCUT2D eigenvalue weighted by Crippen LogP contribution is 2.30. The maximum Gasteiger partial charge on any atom is 0.335 e. The Hall–Kier alpha value is -1.96. The Bertz CT molecular complexity index is 799. The van der Waals surface area contributed by atoms with Crippen LogP contribution in [0, 0.1) is 0 Å². The minimum absolute atomic E-state index is 0.0377. The van der Waals surface area contributed by atoms with Gasteiger partial charge in [-0.3, -0.25) is 4.79 Å². The van der Waals surface area contributed by atoms with Crippen LogP contribution in [0.5, 0.6) is 0 Å². The van der Waals surface area contributed by atoms with Crippen molar-refractivity contribution < 1.29 is 19.8 Å². The number of piperidine rings is 1. The van der Waals surface area contributed by atoms with Crippen molar-refractivity contribution in [2.75, 3.05) is 13.1 Å². The molecule has 0 aliphatic carbocycles. The molecule has 1 aliphatic heterocycles. The quantitative estimate of drug-likeness (QED) is 0.850. The van der Waals surface area contributed by atoms with E-state index < -0.39 is 11.6 Å². The lowest BCUT2D eigenvalue weighted by Gasteiger charge is -2.35. The van der Waals surface area contributed by atoms with Gasteiger partial charge in [0.05, 0.1) is 17.1 Å². The highest BCUT2D eigenvalue weighted by Gasteiger charge is 2.40. The highest BCUT2D eigenvalue weighted by atomic mass is 35.5. The number of aliphatic carboxylic acids is 1. The van der Waals surface area contributed by atoms with Crippen molar-refractivity contribution in [3.8, 4) is 10.6 Å². The minimum atomic E-state index is -1.73. The third-order valence-corrected chi connectivity index (χ3v) is 5.58. The number of amides is 1. The number of aliphatic hydroxyl groups is 1. The van der Waals surface area contributed by atoms with Crippen molar-refractivity contribution in [1.82, 2.24) is 9.88 Å². The number of carboxylic acid groups (broad SMARTS) is 1. The summed E-state index contributed by atoms with van der Waals surface area (Å²) >= 11 is 7.59. The Morgan fingerprint density at radius 1 is 1.28 bits per heavy atom. The maximum atomic E-state index is 12.4. The largest absolute Gasteiger partial charge is 0.479 e. The molecule has 0 unspecified atom stereocenters.